The van der Waals surface area contributed by atoms with Crippen LogP contribution in [0.1, 0.15) is 34.1 Å². The lowest BCUT2D eigenvalue weighted by Crippen LogP contribution is -2.19. The van der Waals surface area contributed by atoms with Crippen LogP contribution in [-0.2, 0) is 11.2 Å². The molecule has 0 saturated heterocycles. The van der Waals surface area contributed by atoms with Crippen molar-refractivity contribution >= 4 is 34.8 Å². The van der Waals surface area contributed by atoms with Crippen LogP contribution in [0.15, 0.2) is 36.4 Å². The Bertz CT molecular complexity index is 712. The normalized spacial score (nSPS) is 15.3. The van der Waals surface area contributed by atoms with Gasteiger partial charge in [-0.15, -0.1) is 11.6 Å². The highest BCUT2D eigenvalue weighted by Gasteiger charge is 2.18. The monoisotopic (exact) mass is 319 g/mol. The van der Waals surface area contributed by atoms with Crippen LogP contribution in [0, 0.1) is 6.92 Å². The second kappa shape index (κ2) is 5.70. The average Bonchev–Trinajstić information content (AvgIpc) is 2.46. The molecule has 1 unspecified atom stereocenters. The highest BCUT2D eigenvalue weighted by atomic mass is 35.5. The maximum atomic E-state index is 11.4. The van der Waals surface area contributed by atoms with Gasteiger partial charge in [0, 0.05) is 17.1 Å². The van der Waals surface area contributed by atoms with Crippen molar-refractivity contribution in [1.82, 2.24) is 0 Å². The topological polar surface area (TPSA) is 29.1 Å². The lowest BCUT2D eigenvalue weighted by molar-refractivity contribution is -0.116. The quantitative estimate of drug-likeness (QED) is 0.787. The number of amides is 1. The molecular weight excluding hydrogens is 305 g/mol. The number of carbonyl (C=O) groups excluding carboxylic acids is 1. The summed E-state index contributed by atoms with van der Waals surface area (Å²) >= 11 is 12.6. The first-order chi connectivity index (χ1) is 10.0. The van der Waals surface area contributed by atoms with E-state index in [9.17, 15) is 4.79 Å². The lowest BCUT2D eigenvalue weighted by atomic mass is 9.95. The lowest BCUT2D eigenvalue weighted by Gasteiger charge is -2.20. The molecule has 21 heavy (non-hydrogen) atoms. The van der Waals surface area contributed by atoms with E-state index in [4.69, 9.17) is 23.2 Å². The van der Waals surface area contributed by atoms with Crippen molar-refractivity contribution in [2.75, 3.05) is 5.32 Å². The summed E-state index contributed by atoms with van der Waals surface area (Å²) in [6.45, 7) is 2.01. The van der Waals surface area contributed by atoms with Gasteiger partial charge in [0.1, 0.15) is 0 Å². The van der Waals surface area contributed by atoms with E-state index in [0.29, 0.717) is 11.4 Å². The Morgan fingerprint density at radius 1 is 1.14 bits per heavy atom. The molecule has 108 valence electrons. The van der Waals surface area contributed by atoms with Crippen molar-refractivity contribution in [3.63, 3.8) is 0 Å². The van der Waals surface area contributed by atoms with Gasteiger partial charge in [-0.3, -0.25) is 4.79 Å². The number of carbonyl (C=O) groups is 1. The van der Waals surface area contributed by atoms with Crippen molar-refractivity contribution in [2.24, 2.45) is 0 Å². The zero-order chi connectivity index (χ0) is 15.0. The fourth-order valence-electron chi connectivity index (χ4n) is 2.66. The van der Waals surface area contributed by atoms with Crippen molar-refractivity contribution in [1.29, 1.82) is 0 Å². The Hall–Kier alpha value is -1.51. The van der Waals surface area contributed by atoms with Gasteiger partial charge < -0.3 is 5.32 Å². The summed E-state index contributed by atoms with van der Waals surface area (Å²) in [6, 6.07) is 11.7. The molecule has 1 atom stereocenters. The number of anilines is 1. The molecule has 1 heterocycles. The zero-order valence-electron chi connectivity index (χ0n) is 11.6. The van der Waals surface area contributed by atoms with Crippen molar-refractivity contribution in [3.05, 3.63) is 63.7 Å². The molecule has 0 fully saturated rings. The summed E-state index contributed by atoms with van der Waals surface area (Å²) in [5.41, 5.74) is 5.21. The summed E-state index contributed by atoms with van der Waals surface area (Å²) in [5, 5.41) is 3.38. The highest BCUT2D eigenvalue weighted by Crippen LogP contribution is 2.35. The van der Waals surface area contributed by atoms with Crippen LogP contribution in [-0.4, -0.2) is 5.91 Å². The average molecular weight is 320 g/mol. The molecule has 0 radical (unpaired) electrons. The van der Waals surface area contributed by atoms with Crippen LogP contribution in [0.4, 0.5) is 5.69 Å². The summed E-state index contributed by atoms with van der Waals surface area (Å²) in [4.78, 5) is 11.4. The largest absolute Gasteiger partial charge is 0.326 e. The number of alkyl halides is 1. The van der Waals surface area contributed by atoms with Crippen molar-refractivity contribution < 1.29 is 4.79 Å². The Kier molecular flexibility index (Phi) is 3.92. The van der Waals surface area contributed by atoms with E-state index >= 15 is 0 Å². The Morgan fingerprint density at radius 3 is 2.71 bits per heavy atom. The van der Waals surface area contributed by atoms with E-state index in [2.05, 4.69) is 11.4 Å². The summed E-state index contributed by atoms with van der Waals surface area (Å²) < 4.78 is 0. The van der Waals surface area contributed by atoms with E-state index in [1.54, 1.807) is 0 Å². The molecule has 1 aliphatic heterocycles. The Labute approximate surface area is 134 Å². The van der Waals surface area contributed by atoms with Crippen molar-refractivity contribution in [2.45, 2.75) is 25.1 Å². The number of benzene rings is 2. The van der Waals surface area contributed by atoms with Crippen LogP contribution in [0.3, 0.4) is 0 Å². The van der Waals surface area contributed by atoms with E-state index < -0.39 is 0 Å². The molecule has 4 heteroatoms. The van der Waals surface area contributed by atoms with Crippen LogP contribution >= 0.6 is 23.2 Å². The molecule has 0 aromatic heterocycles. The number of halogens is 2. The van der Waals surface area contributed by atoms with Gasteiger partial charge in [-0.1, -0.05) is 29.8 Å². The second-order valence-corrected chi connectivity index (χ2v) is 6.20. The molecule has 1 amide bonds. The third-order valence-corrected chi connectivity index (χ3v) is 4.54. The molecular formula is C17H15Cl2NO. The second-order valence-electron chi connectivity index (χ2n) is 5.33. The molecule has 0 bridgehead atoms. The van der Waals surface area contributed by atoms with E-state index in [0.717, 1.165) is 34.4 Å². The number of rotatable bonds is 2. The van der Waals surface area contributed by atoms with Crippen LogP contribution < -0.4 is 5.32 Å². The number of hydrogen-bond acceptors (Lipinski definition) is 1. The predicted molar refractivity (Wildman–Crippen MR) is 87.3 cm³/mol. The van der Waals surface area contributed by atoms with Gasteiger partial charge in [0.15, 0.2) is 0 Å². The van der Waals surface area contributed by atoms with Crippen LogP contribution in [0.5, 0.6) is 0 Å². The summed E-state index contributed by atoms with van der Waals surface area (Å²) in [7, 11) is 0. The van der Waals surface area contributed by atoms with Crippen LogP contribution in [0.25, 0.3) is 0 Å². The van der Waals surface area contributed by atoms with Gasteiger partial charge in [0.2, 0.25) is 5.91 Å². The molecule has 0 saturated carbocycles. The van der Waals surface area contributed by atoms with Gasteiger partial charge in [-0.05, 0) is 53.8 Å². The third-order valence-electron chi connectivity index (χ3n) is 3.82. The van der Waals surface area contributed by atoms with Gasteiger partial charge in [0.05, 0.1) is 5.38 Å². The molecule has 1 N–H and O–H groups in total. The minimum atomic E-state index is -0.217. The number of hydrogen-bond donors (Lipinski definition) is 1. The van der Waals surface area contributed by atoms with Crippen molar-refractivity contribution in [3.8, 4) is 0 Å². The van der Waals surface area contributed by atoms with Gasteiger partial charge in [-0.2, -0.15) is 0 Å². The Balaban J connectivity index is 1.95. The predicted octanol–water partition coefficient (Wildman–Crippen LogP) is 4.86. The minimum absolute atomic E-state index is 0.0752. The van der Waals surface area contributed by atoms with Gasteiger partial charge in [-0.25, -0.2) is 0 Å². The fourth-order valence-corrected chi connectivity index (χ4v) is 3.27. The summed E-state index contributed by atoms with van der Waals surface area (Å²) in [6.07, 6.45) is 1.29. The standard InChI is InChI=1S/C17H15Cl2NO/c1-10-8-13(18)4-5-14(10)17(19)12-2-6-15-11(9-12)3-7-16(21)20-15/h2,4-6,8-9,17H,3,7H2,1H3,(H,20,21). The number of nitrogens with one attached hydrogen (secondary N) is 1. The molecule has 3 rings (SSSR count). The SMILES string of the molecule is Cc1cc(Cl)ccc1C(Cl)c1ccc2c(c1)CCC(=O)N2. The van der Waals surface area contributed by atoms with E-state index in [-0.39, 0.29) is 11.3 Å². The zero-order valence-corrected chi connectivity index (χ0v) is 13.1. The molecule has 0 aliphatic carbocycles. The fraction of sp³-hybridized carbons (Fsp3) is 0.235. The first kappa shape index (κ1) is 14.4. The smallest absolute Gasteiger partial charge is 0.224 e. The minimum Gasteiger partial charge on any atom is -0.326 e. The highest BCUT2D eigenvalue weighted by molar-refractivity contribution is 6.30. The van der Waals surface area contributed by atoms with E-state index in [1.807, 2.05) is 37.3 Å². The molecule has 2 aromatic carbocycles. The molecule has 1 aliphatic rings. The molecule has 2 nitrogen and oxygen atoms in total. The maximum Gasteiger partial charge on any atom is 0.224 e. The summed E-state index contributed by atoms with van der Waals surface area (Å²) in [5.74, 6) is 0.0752. The number of aryl methyl sites for hydroxylation is 2. The van der Waals surface area contributed by atoms with Gasteiger partial charge >= 0.3 is 0 Å². The van der Waals surface area contributed by atoms with E-state index in [1.165, 1.54) is 0 Å². The Morgan fingerprint density at radius 2 is 1.95 bits per heavy atom. The maximum absolute atomic E-state index is 11.4. The number of fused-ring (bicyclic) bond motifs is 1. The van der Waals surface area contributed by atoms with Crippen LogP contribution in [0.2, 0.25) is 5.02 Å². The first-order valence-electron chi connectivity index (χ1n) is 6.87. The third kappa shape index (κ3) is 2.92. The molecule has 0 spiro atoms. The first-order valence-corrected chi connectivity index (χ1v) is 7.69. The van der Waals surface area contributed by atoms with Gasteiger partial charge in [0.25, 0.3) is 0 Å². The molecule has 2 aromatic rings.